The van der Waals surface area contributed by atoms with Gasteiger partial charge in [-0.15, -0.1) is 11.3 Å². The van der Waals surface area contributed by atoms with Crippen LogP contribution in [-0.4, -0.2) is 66.6 Å². The first-order valence-corrected chi connectivity index (χ1v) is 11.4. The third kappa shape index (κ3) is 3.87. The van der Waals surface area contributed by atoms with Gasteiger partial charge in [0.2, 0.25) is 5.95 Å². The van der Waals surface area contributed by atoms with E-state index in [0.29, 0.717) is 13.2 Å². The molecule has 8 heteroatoms. The highest BCUT2D eigenvalue weighted by atomic mass is 32.1. The number of aromatic nitrogens is 3. The summed E-state index contributed by atoms with van der Waals surface area (Å²) in [5.74, 6) is 1.68. The Morgan fingerprint density at radius 2 is 1.70 bits per heavy atom. The zero-order valence-electron chi connectivity index (χ0n) is 17.7. The van der Waals surface area contributed by atoms with Gasteiger partial charge in [0.15, 0.2) is 5.65 Å². The SMILES string of the molecule is Cc1ccc(-c2ccc3c(N4CCOCC4)nc(N4CC(C)OC(C)C4)nc3n2)s1. The fourth-order valence-electron chi connectivity index (χ4n) is 4.19. The Bertz CT molecular complexity index is 1040. The highest BCUT2D eigenvalue weighted by Crippen LogP contribution is 2.32. The number of hydrogen-bond acceptors (Lipinski definition) is 8. The van der Waals surface area contributed by atoms with Gasteiger partial charge in [0, 0.05) is 31.1 Å². The lowest BCUT2D eigenvalue weighted by atomic mass is 10.2. The number of anilines is 2. The van der Waals surface area contributed by atoms with E-state index in [2.05, 4.69) is 54.8 Å². The molecule has 2 aliphatic rings. The summed E-state index contributed by atoms with van der Waals surface area (Å²) in [5.41, 5.74) is 1.71. The number of aryl methyl sites for hydroxylation is 1. The smallest absolute Gasteiger partial charge is 0.229 e. The van der Waals surface area contributed by atoms with Crippen LogP contribution in [0.4, 0.5) is 11.8 Å². The van der Waals surface area contributed by atoms with Gasteiger partial charge >= 0.3 is 0 Å². The second-order valence-corrected chi connectivity index (χ2v) is 9.37. The molecule has 0 spiro atoms. The van der Waals surface area contributed by atoms with E-state index in [0.717, 1.165) is 59.5 Å². The van der Waals surface area contributed by atoms with Gasteiger partial charge in [-0.05, 0) is 45.0 Å². The summed E-state index contributed by atoms with van der Waals surface area (Å²) in [6.07, 6.45) is 0.293. The number of fused-ring (bicyclic) bond motifs is 1. The molecule has 0 aliphatic carbocycles. The standard InChI is InChI=1S/C22H27N5O2S/c1-14-12-27(13-15(2)29-14)22-24-20-17(21(25-22)26-8-10-28-11-9-26)5-6-18(23-20)19-7-4-16(3)30-19/h4-7,14-15H,8-13H2,1-3H3. The van der Waals surface area contributed by atoms with Gasteiger partial charge in [-0.25, -0.2) is 4.98 Å². The van der Waals surface area contributed by atoms with Gasteiger partial charge < -0.3 is 19.3 Å². The number of pyridine rings is 1. The van der Waals surface area contributed by atoms with Crippen LogP contribution in [0.5, 0.6) is 0 Å². The number of nitrogens with zero attached hydrogens (tertiary/aromatic N) is 5. The molecule has 0 saturated carbocycles. The Kier molecular flexibility index (Phi) is 5.30. The highest BCUT2D eigenvalue weighted by Gasteiger charge is 2.26. The van der Waals surface area contributed by atoms with E-state index in [9.17, 15) is 0 Å². The van der Waals surface area contributed by atoms with Crippen molar-refractivity contribution < 1.29 is 9.47 Å². The van der Waals surface area contributed by atoms with Crippen molar-refractivity contribution in [1.82, 2.24) is 15.0 Å². The van der Waals surface area contributed by atoms with E-state index in [-0.39, 0.29) is 12.2 Å². The van der Waals surface area contributed by atoms with Crippen LogP contribution in [0.25, 0.3) is 21.6 Å². The predicted molar refractivity (Wildman–Crippen MR) is 121 cm³/mol. The molecule has 3 aromatic rings. The zero-order chi connectivity index (χ0) is 20.7. The van der Waals surface area contributed by atoms with E-state index >= 15 is 0 Å². The average Bonchev–Trinajstić information content (AvgIpc) is 3.19. The molecule has 2 unspecified atom stereocenters. The average molecular weight is 426 g/mol. The first kappa shape index (κ1) is 19.7. The van der Waals surface area contributed by atoms with Crippen molar-refractivity contribution in [2.24, 2.45) is 0 Å². The lowest BCUT2D eigenvalue weighted by molar-refractivity contribution is -0.00570. The van der Waals surface area contributed by atoms with Crippen LogP contribution in [0.3, 0.4) is 0 Å². The second-order valence-electron chi connectivity index (χ2n) is 8.09. The van der Waals surface area contributed by atoms with Crippen molar-refractivity contribution in [3.63, 3.8) is 0 Å². The number of morpholine rings is 2. The van der Waals surface area contributed by atoms with Crippen LogP contribution >= 0.6 is 11.3 Å². The van der Waals surface area contributed by atoms with Crippen LogP contribution in [0.1, 0.15) is 18.7 Å². The van der Waals surface area contributed by atoms with Crippen molar-refractivity contribution in [1.29, 1.82) is 0 Å². The van der Waals surface area contributed by atoms with Crippen molar-refractivity contribution in [3.8, 4) is 10.6 Å². The molecule has 5 heterocycles. The van der Waals surface area contributed by atoms with Crippen LogP contribution in [0.15, 0.2) is 24.3 Å². The molecular weight excluding hydrogens is 398 g/mol. The minimum absolute atomic E-state index is 0.147. The predicted octanol–water partition coefficient (Wildman–Crippen LogP) is 3.51. The third-order valence-electron chi connectivity index (χ3n) is 5.53. The molecular formula is C22H27N5O2S. The topological polar surface area (TPSA) is 63.6 Å². The lowest BCUT2D eigenvalue weighted by Crippen LogP contribution is -2.46. The largest absolute Gasteiger partial charge is 0.378 e. The van der Waals surface area contributed by atoms with E-state index in [1.165, 1.54) is 4.88 Å². The number of rotatable bonds is 3. The molecule has 2 atom stereocenters. The van der Waals surface area contributed by atoms with E-state index < -0.39 is 0 Å². The number of thiophene rings is 1. The van der Waals surface area contributed by atoms with Gasteiger partial charge in [0.05, 0.1) is 41.4 Å². The van der Waals surface area contributed by atoms with Gasteiger partial charge in [-0.2, -0.15) is 9.97 Å². The van der Waals surface area contributed by atoms with Gasteiger partial charge in [-0.1, -0.05) is 0 Å². The van der Waals surface area contributed by atoms with E-state index in [1.807, 2.05) is 0 Å². The summed E-state index contributed by atoms with van der Waals surface area (Å²) < 4.78 is 11.5. The first-order valence-electron chi connectivity index (χ1n) is 10.6. The Morgan fingerprint density at radius 1 is 0.933 bits per heavy atom. The number of hydrogen-bond donors (Lipinski definition) is 0. The Hall–Kier alpha value is -2.29. The summed E-state index contributed by atoms with van der Waals surface area (Å²) >= 11 is 1.75. The lowest BCUT2D eigenvalue weighted by Gasteiger charge is -2.36. The van der Waals surface area contributed by atoms with Gasteiger partial charge in [0.25, 0.3) is 0 Å². The van der Waals surface area contributed by atoms with Crippen LogP contribution in [0, 0.1) is 6.92 Å². The van der Waals surface area contributed by atoms with Crippen molar-refractivity contribution in [3.05, 3.63) is 29.1 Å². The molecule has 3 aromatic heterocycles. The fourth-order valence-corrected chi connectivity index (χ4v) is 5.03. The Balaban J connectivity index is 1.62. The van der Waals surface area contributed by atoms with Gasteiger partial charge in [0.1, 0.15) is 5.82 Å². The molecule has 0 aromatic carbocycles. The molecule has 2 fully saturated rings. The van der Waals surface area contributed by atoms with E-state index in [1.54, 1.807) is 11.3 Å². The normalized spacial score (nSPS) is 22.6. The molecule has 0 bridgehead atoms. The van der Waals surface area contributed by atoms with Crippen LogP contribution in [-0.2, 0) is 9.47 Å². The molecule has 0 radical (unpaired) electrons. The minimum atomic E-state index is 0.147. The monoisotopic (exact) mass is 425 g/mol. The summed E-state index contributed by atoms with van der Waals surface area (Å²) in [4.78, 5) is 21.8. The maximum Gasteiger partial charge on any atom is 0.229 e. The van der Waals surface area contributed by atoms with Crippen molar-refractivity contribution in [2.75, 3.05) is 49.2 Å². The third-order valence-corrected chi connectivity index (χ3v) is 6.56. The number of ether oxygens (including phenoxy) is 2. The van der Waals surface area contributed by atoms with Crippen molar-refractivity contribution in [2.45, 2.75) is 33.0 Å². The quantitative estimate of drug-likeness (QED) is 0.636. The summed E-state index contributed by atoms with van der Waals surface area (Å²) in [6.45, 7) is 11.0. The summed E-state index contributed by atoms with van der Waals surface area (Å²) in [5, 5.41) is 0.993. The molecule has 30 heavy (non-hydrogen) atoms. The minimum Gasteiger partial charge on any atom is -0.378 e. The fraction of sp³-hybridized carbons (Fsp3) is 0.500. The maximum absolute atomic E-state index is 5.91. The van der Waals surface area contributed by atoms with Crippen LogP contribution < -0.4 is 9.80 Å². The molecule has 7 nitrogen and oxygen atoms in total. The molecule has 5 rings (SSSR count). The summed E-state index contributed by atoms with van der Waals surface area (Å²) in [7, 11) is 0. The molecule has 2 saturated heterocycles. The van der Waals surface area contributed by atoms with E-state index in [4.69, 9.17) is 24.4 Å². The molecule has 158 valence electrons. The molecule has 0 amide bonds. The van der Waals surface area contributed by atoms with Crippen molar-refractivity contribution >= 4 is 34.1 Å². The van der Waals surface area contributed by atoms with Crippen LogP contribution in [0.2, 0.25) is 0 Å². The van der Waals surface area contributed by atoms with Gasteiger partial charge in [-0.3, -0.25) is 0 Å². The summed E-state index contributed by atoms with van der Waals surface area (Å²) in [6, 6.07) is 8.46. The highest BCUT2D eigenvalue weighted by molar-refractivity contribution is 7.15. The molecule has 2 aliphatic heterocycles. The second kappa shape index (κ2) is 8.09. The Morgan fingerprint density at radius 3 is 2.40 bits per heavy atom. The maximum atomic E-state index is 5.91. The zero-order valence-corrected chi connectivity index (χ0v) is 18.5. The first-order chi connectivity index (χ1) is 14.6. The Labute approximate surface area is 180 Å². The molecule has 0 N–H and O–H groups in total.